The number of halogens is 1. The monoisotopic (exact) mass is 707 g/mol. The second-order valence-corrected chi connectivity index (χ2v) is 21.4. The molecular weight excluding hydrogens is 670 g/mol. The van der Waals surface area contributed by atoms with Crippen LogP contribution in [0.5, 0.6) is 17.4 Å². The van der Waals surface area contributed by atoms with Crippen molar-refractivity contribution in [2.24, 2.45) is 0 Å². The smallest absolute Gasteiger partial charge is 0.246 e. The zero-order valence-electron chi connectivity index (χ0n) is 27.1. The Morgan fingerprint density at radius 2 is 1.57 bits per heavy atom. The van der Waals surface area contributed by atoms with Gasteiger partial charge in [-0.1, -0.05) is 37.8 Å². The van der Waals surface area contributed by atoms with Crippen LogP contribution in [0.3, 0.4) is 0 Å². The van der Waals surface area contributed by atoms with Crippen molar-refractivity contribution in [3.63, 3.8) is 0 Å². The molecule has 0 bridgehead atoms. The Balaban J connectivity index is 1.98. The molecule has 0 amide bonds. The molecule has 4 rings (SSSR count). The summed E-state index contributed by atoms with van der Waals surface area (Å²) >= 11 is 0. The van der Waals surface area contributed by atoms with Crippen molar-refractivity contribution >= 4 is 33.9 Å². The molecule has 0 saturated carbocycles. The average Bonchev–Trinajstić information content (AvgIpc) is 3.43. The molecule has 13 nitrogen and oxygen atoms in total. The number of ether oxygens (including phenoxy) is 3. The van der Waals surface area contributed by atoms with Crippen molar-refractivity contribution in [3.05, 3.63) is 66.0 Å². The van der Waals surface area contributed by atoms with Gasteiger partial charge in [0.2, 0.25) is 21.9 Å². The van der Waals surface area contributed by atoms with Crippen LogP contribution in [0.2, 0.25) is 25.7 Å². The predicted octanol–water partition coefficient (Wildman–Crippen LogP) is 4.11. The van der Waals surface area contributed by atoms with Crippen LogP contribution in [0.15, 0.2) is 59.5 Å². The molecule has 2 heterocycles. The van der Waals surface area contributed by atoms with Crippen LogP contribution >= 0.6 is 0 Å². The number of anilines is 1. The number of methoxy groups -OCH3 is 3. The Morgan fingerprint density at radius 1 is 0.936 bits per heavy atom. The molecule has 0 radical (unpaired) electrons. The first kappa shape index (κ1) is 35.8. The molecule has 0 saturated heterocycles. The number of para-hydroxylation sites is 1. The standard InChI is InChI=1S/C30H38FN5O8S2Si/c1-42-24-11-9-12-25(43-2)28(24)36-29(22-10-8-13-27(32-22)44-3)33-34-30(36)35(16-17-47(5,6)7)46(40,41)19-23(37)21-15-14-20(31)18-26(21)45(4,38)39/h8-15,18,23,37H,16-17,19H2,1-7H3/t23-/m1/s1. The molecule has 254 valence electrons. The zero-order chi connectivity index (χ0) is 34.7. The molecule has 47 heavy (non-hydrogen) atoms. The Bertz CT molecular complexity index is 1940. The number of hydrogen-bond acceptors (Lipinski definition) is 11. The molecule has 17 heteroatoms. The van der Waals surface area contributed by atoms with Crippen LogP contribution in [-0.2, 0) is 19.9 Å². The Hall–Kier alpha value is -4.06. The highest BCUT2D eigenvalue weighted by atomic mass is 32.2. The molecule has 2 aromatic carbocycles. The van der Waals surface area contributed by atoms with E-state index in [1.165, 1.54) is 25.9 Å². The Kier molecular flexibility index (Phi) is 10.6. The van der Waals surface area contributed by atoms with Gasteiger partial charge in [-0.2, -0.15) is 0 Å². The maximum atomic E-state index is 14.4. The van der Waals surface area contributed by atoms with Crippen LogP contribution in [0, 0.1) is 5.82 Å². The highest BCUT2D eigenvalue weighted by molar-refractivity contribution is 7.92. The lowest BCUT2D eigenvalue weighted by atomic mass is 10.1. The van der Waals surface area contributed by atoms with E-state index >= 15 is 0 Å². The Labute approximate surface area is 274 Å². The summed E-state index contributed by atoms with van der Waals surface area (Å²) in [6.45, 7) is 6.17. The van der Waals surface area contributed by atoms with Gasteiger partial charge in [0.1, 0.15) is 28.7 Å². The van der Waals surface area contributed by atoms with Crippen molar-refractivity contribution in [2.45, 2.75) is 36.7 Å². The van der Waals surface area contributed by atoms with Crippen molar-refractivity contribution in [1.82, 2.24) is 19.7 Å². The molecule has 0 aliphatic rings. The van der Waals surface area contributed by atoms with Crippen molar-refractivity contribution in [1.29, 1.82) is 0 Å². The number of aliphatic hydroxyl groups excluding tert-OH is 1. The minimum atomic E-state index is -4.50. The summed E-state index contributed by atoms with van der Waals surface area (Å²) < 4.78 is 86.8. The SMILES string of the molecule is COc1cccc(-c2nnc(N(CC[Si](C)(C)C)S(=O)(=O)C[C@@H](O)c3ccc(F)cc3S(C)(=O)=O)n2-c2c(OC)cccc2OC)n1. The first-order chi connectivity index (χ1) is 22.0. The van der Waals surface area contributed by atoms with E-state index < -0.39 is 50.5 Å². The molecule has 0 aliphatic heterocycles. The highest BCUT2D eigenvalue weighted by Gasteiger charge is 2.35. The lowest BCUT2D eigenvalue weighted by molar-refractivity contribution is 0.198. The number of rotatable bonds is 14. The second kappa shape index (κ2) is 14.0. The molecule has 1 atom stereocenters. The third-order valence-corrected chi connectivity index (χ3v) is 11.8. The van der Waals surface area contributed by atoms with Crippen molar-refractivity contribution in [3.8, 4) is 34.6 Å². The number of sulfone groups is 1. The fourth-order valence-corrected chi connectivity index (χ4v) is 8.31. The third-order valence-electron chi connectivity index (χ3n) is 7.16. The predicted molar refractivity (Wildman–Crippen MR) is 178 cm³/mol. The van der Waals surface area contributed by atoms with Gasteiger partial charge in [-0.15, -0.1) is 10.2 Å². The molecule has 0 unspecified atom stereocenters. The topological polar surface area (TPSA) is 163 Å². The van der Waals surface area contributed by atoms with Gasteiger partial charge >= 0.3 is 0 Å². The van der Waals surface area contributed by atoms with E-state index in [1.807, 2.05) is 0 Å². The first-order valence-electron chi connectivity index (χ1n) is 14.4. The summed E-state index contributed by atoms with van der Waals surface area (Å²) in [7, 11) is -6.08. The fourth-order valence-electron chi connectivity index (χ4n) is 4.80. The number of aromatic nitrogens is 4. The Morgan fingerprint density at radius 3 is 2.15 bits per heavy atom. The number of nitrogens with zero attached hydrogens (tertiary/aromatic N) is 5. The minimum Gasteiger partial charge on any atom is -0.494 e. The van der Waals surface area contributed by atoms with Crippen LogP contribution in [0.4, 0.5) is 10.3 Å². The molecule has 0 spiro atoms. The first-order valence-corrected chi connectivity index (χ1v) is 21.6. The minimum absolute atomic E-state index is 0.0474. The van der Waals surface area contributed by atoms with Crippen LogP contribution in [-0.4, -0.2) is 89.6 Å². The van der Waals surface area contributed by atoms with Gasteiger partial charge in [0.25, 0.3) is 0 Å². The quantitative estimate of drug-likeness (QED) is 0.188. The maximum absolute atomic E-state index is 14.4. The zero-order valence-corrected chi connectivity index (χ0v) is 29.8. The summed E-state index contributed by atoms with van der Waals surface area (Å²) in [6.07, 6.45) is -0.985. The molecule has 0 aliphatic carbocycles. The van der Waals surface area contributed by atoms with E-state index in [-0.39, 0.29) is 35.4 Å². The van der Waals surface area contributed by atoms with Gasteiger partial charge < -0.3 is 19.3 Å². The summed E-state index contributed by atoms with van der Waals surface area (Å²) in [5, 5.41) is 19.9. The highest BCUT2D eigenvalue weighted by Crippen LogP contribution is 2.39. The van der Waals surface area contributed by atoms with Gasteiger partial charge in [0, 0.05) is 32.5 Å². The van der Waals surface area contributed by atoms with E-state index in [1.54, 1.807) is 36.4 Å². The molecule has 2 aromatic heterocycles. The molecular formula is C30H38FN5O8S2Si. The fraction of sp³-hybridized carbons (Fsp3) is 0.367. The van der Waals surface area contributed by atoms with Gasteiger partial charge in [0.05, 0.1) is 38.1 Å². The number of pyridine rings is 1. The van der Waals surface area contributed by atoms with Crippen molar-refractivity contribution < 1.29 is 40.5 Å². The number of aliphatic hydroxyl groups is 1. The maximum Gasteiger partial charge on any atom is 0.246 e. The summed E-state index contributed by atoms with van der Waals surface area (Å²) in [6, 6.07) is 13.3. The van der Waals surface area contributed by atoms with Gasteiger partial charge in [-0.05, 0) is 36.4 Å². The van der Waals surface area contributed by atoms with E-state index in [2.05, 4.69) is 34.8 Å². The molecule has 0 fully saturated rings. The van der Waals surface area contributed by atoms with Crippen LogP contribution in [0.25, 0.3) is 17.2 Å². The number of sulfonamides is 1. The molecule has 1 N–H and O–H groups in total. The van der Waals surface area contributed by atoms with Gasteiger partial charge in [-0.25, -0.2) is 30.5 Å². The third kappa shape index (κ3) is 8.09. The van der Waals surface area contributed by atoms with Gasteiger partial charge in [-0.3, -0.25) is 4.57 Å². The van der Waals surface area contributed by atoms with E-state index in [9.17, 15) is 26.3 Å². The van der Waals surface area contributed by atoms with Crippen LogP contribution < -0.4 is 18.5 Å². The van der Waals surface area contributed by atoms with Crippen molar-refractivity contribution in [2.75, 3.05) is 44.2 Å². The second-order valence-electron chi connectivity index (χ2n) is 11.9. The molecule has 4 aromatic rings. The lowest BCUT2D eigenvalue weighted by Crippen LogP contribution is -2.40. The van der Waals surface area contributed by atoms with Crippen LogP contribution in [0.1, 0.15) is 11.7 Å². The summed E-state index contributed by atoms with van der Waals surface area (Å²) in [4.78, 5) is 3.98. The normalized spacial score (nSPS) is 12.9. The average molecular weight is 708 g/mol. The van der Waals surface area contributed by atoms with E-state index in [0.717, 1.165) is 28.8 Å². The number of hydrogen-bond donors (Lipinski definition) is 1. The lowest BCUT2D eigenvalue weighted by Gasteiger charge is -2.28. The number of benzene rings is 2. The summed E-state index contributed by atoms with van der Waals surface area (Å²) in [5.74, 6) is -0.928. The summed E-state index contributed by atoms with van der Waals surface area (Å²) in [5.41, 5.74) is 0.322. The van der Waals surface area contributed by atoms with Gasteiger partial charge in [0.15, 0.2) is 15.7 Å². The van der Waals surface area contributed by atoms with E-state index in [0.29, 0.717) is 23.2 Å². The van der Waals surface area contributed by atoms with E-state index in [4.69, 9.17) is 14.2 Å². The largest absolute Gasteiger partial charge is 0.494 e.